The molecule has 0 aromatic carbocycles. The van der Waals surface area contributed by atoms with E-state index in [1.165, 1.54) is 0 Å². The Kier molecular flexibility index (Phi) is 9.67. The molecular weight excluding hydrogens is 200 g/mol. The van der Waals surface area contributed by atoms with Gasteiger partial charge in [0.15, 0.2) is 0 Å². The Morgan fingerprint density at radius 2 is 1.93 bits per heavy atom. The van der Waals surface area contributed by atoms with Gasteiger partial charge in [0, 0.05) is 0 Å². The van der Waals surface area contributed by atoms with Crippen molar-refractivity contribution in [2.24, 2.45) is 0 Å². The second-order valence-electron chi connectivity index (χ2n) is 3.43. The summed E-state index contributed by atoms with van der Waals surface area (Å²) >= 11 is -1.56. The Labute approximate surface area is 90.0 Å². The maximum Gasteiger partial charge on any atom is 0.304 e. The third-order valence-electron chi connectivity index (χ3n) is 1.87. The van der Waals surface area contributed by atoms with Crippen molar-refractivity contribution in [2.45, 2.75) is 59.0 Å². The molecule has 0 fully saturated rings. The highest BCUT2D eigenvalue weighted by atomic mass is 32.2. The fourth-order valence-electron chi connectivity index (χ4n) is 1.10. The largest absolute Gasteiger partial charge is 0.304 e. The van der Waals surface area contributed by atoms with Crippen molar-refractivity contribution < 1.29 is 12.6 Å². The molecule has 0 saturated heterocycles. The molecule has 86 valence electrons. The molecule has 0 aliphatic rings. The Hall–Kier alpha value is 0.0700. The van der Waals surface area contributed by atoms with Gasteiger partial charge in [-0.1, -0.05) is 33.1 Å². The van der Waals surface area contributed by atoms with E-state index in [9.17, 15) is 4.21 Å². The zero-order valence-electron chi connectivity index (χ0n) is 9.45. The average molecular weight is 222 g/mol. The molecule has 0 saturated carbocycles. The van der Waals surface area contributed by atoms with Crippen LogP contribution in [0.5, 0.6) is 0 Å². The number of unbranched alkanes of at least 4 members (excludes halogenated alkanes) is 2. The molecule has 0 aromatic heterocycles. The van der Waals surface area contributed by atoms with Crippen LogP contribution in [0.2, 0.25) is 0 Å². The first kappa shape index (κ1) is 14.1. The topological polar surface area (TPSA) is 35.5 Å². The van der Waals surface area contributed by atoms with Gasteiger partial charge in [0.05, 0.1) is 12.7 Å². The van der Waals surface area contributed by atoms with Crippen molar-refractivity contribution in [3.05, 3.63) is 0 Å². The average Bonchev–Trinajstić information content (AvgIpc) is 2.13. The van der Waals surface area contributed by atoms with Gasteiger partial charge in [-0.25, -0.2) is 0 Å². The Morgan fingerprint density at radius 3 is 2.50 bits per heavy atom. The van der Waals surface area contributed by atoms with Crippen molar-refractivity contribution in [2.75, 3.05) is 6.61 Å². The van der Waals surface area contributed by atoms with Crippen LogP contribution >= 0.6 is 0 Å². The highest BCUT2D eigenvalue weighted by molar-refractivity contribution is 7.75. The highest BCUT2D eigenvalue weighted by Gasteiger charge is 2.07. The van der Waals surface area contributed by atoms with E-state index in [-0.39, 0.29) is 6.10 Å². The quantitative estimate of drug-likeness (QED) is 0.563. The van der Waals surface area contributed by atoms with Gasteiger partial charge in [0.1, 0.15) is 0 Å². The van der Waals surface area contributed by atoms with E-state index < -0.39 is 11.4 Å². The molecule has 0 aliphatic carbocycles. The van der Waals surface area contributed by atoms with Crippen molar-refractivity contribution in [1.29, 1.82) is 0 Å². The molecule has 4 heteroatoms. The standard InChI is InChI=1S/C10H22O3S/c1-4-6-7-9-12-14(11)13-10(3)8-5-2/h10H,4-9H2,1-3H3. The lowest BCUT2D eigenvalue weighted by molar-refractivity contribution is 0.185. The van der Waals surface area contributed by atoms with Crippen LogP contribution in [-0.4, -0.2) is 16.9 Å². The Morgan fingerprint density at radius 1 is 1.21 bits per heavy atom. The van der Waals surface area contributed by atoms with Gasteiger partial charge in [0.25, 0.3) is 0 Å². The zero-order valence-corrected chi connectivity index (χ0v) is 10.3. The van der Waals surface area contributed by atoms with E-state index in [1.54, 1.807) is 0 Å². The summed E-state index contributed by atoms with van der Waals surface area (Å²) in [5.41, 5.74) is 0. The van der Waals surface area contributed by atoms with Crippen LogP contribution in [0.15, 0.2) is 0 Å². The summed E-state index contributed by atoms with van der Waals surface area (Å²) in [7, 11) is 0. The molecule has 14 heavy (non-hydrogen) atoms. The summed E-state index contributed by atoms with van der Waals surface area (Å²) in [6.45, 7) is 6.64. The smallest absolute Gasteiger partial charge is 0.268 e. The van der Waals surface area contributed by atoms with Crippen LogP contribution in [0.3, 0.4) is 0 Å². The minimum atomic E-state index is -1.56. The van der Waals surface area contributed by atoms with Crippen molar-refractivity contribution in [3.8, 4) is 0 Å². The fraction of sp³-hybridized carbons (Fsp3) is 1.00. The summed E-state index contributed by atoms with van der Waals surface area (Å²) in [5.74, 6) is 0. The molecule has 0 radical (unpaired) electrons. The van der Waals surface area contributed by atoms with Gasteiger partial charge < -0.3 is 0 Å². The molecule has 3 nitrogen and oxygen atoms in total. The lowest BCUT2D eigenvalue weighted by Gasteiger charge is -2.09. The Bertz CT molecular complexity index is 150. The molecule has 0 bridgehead atoms. The molecule has 0 rings (SSSR count). The van der Waals surface area contributed by atoms with E-state index in [2.05, 4.69) is 13.8 Å². The monoisotopic (exact) mass is 222 g/mol. The van der Waals surface area contributed by atoms with Crippen LogP contribution in [0.25, 0.3) is 0 Å². The lowest BCUT2D eigenvalue weighted by Crippen LogP contribution is -2.12. The molecule has 0 aliphatic heterocycles. The molecule has 0 aromatic rings. The SMILES string of the molecule is CCCCCOS(=O)OC(C)CCC. The highest BCUT2D eigenvalue weighted by Crippen LogP contribution is 2.05. The minimum Gasteiger partial charge on any atom is -0.268 e. The van der Waals surface area contributed by atoms with Gasteiger partial charge in [-0.2, -0.15) is 4.21 Å². The maximum atomic E-state index is 11.2. The first-order valence-corrected chi connectivity index (χ1v) is 6.42. The van der Waals surface area contributed by atoms with Crippen LogP contribution < -0.4 is 0 Å². The molecular formula is C10H22O3S. The second kappa shape index (κ2) is 9.62. The van der Waals surface area contributed by atoms with Gasteiger partial charge in [-0.05, 0) is 19.8 Å². The second-order valence-corrected chi connectivity index (χ2v) is 4.27. The molecule has 2 unspecified atom stereocenters. The van der Waals surface area contributed by atoms with Crippen molar-refractivity contribution >= 4 is 11.4 Å². The normalized spacial score (nSPS) is 15.4. The predicted molar refractivity (Wildman–Crippen MR) is 59.1 cm³/mol. The van der Waals surface area contributed by atoms with Gasteiger partial charge in [-0.3, -0.25) is 8.37 Å². The maximum absolute atomic E-state index is 11.2. The van der Waals surface area contributed by atoms with Crippen LogP contribution in [-0.2, 0) is 19.7 Å². The summed E-state index contributed by atoms with van der Waals surface area (Å²) in [6, 6.07) is 0. The molecule has 0 heterocycles. The Balaban J connectivity index is 3.35. The number of hydrogen-bond donors (Lipinski definition) is 0. The molecule has 0 spiro atoms. The zero-order chi connectivity index (χ0) is 10.8. The third kappa shape index (κ3) is 8.66. The fourth-order valence-corrected chi connectivity index (χ4v) is 1.77. The van der Waals surface area contributed by atoms with E-state index >= 15 is 0 Å². The van der Waals surface area contributed by atoms with E-state index in [0.29, 0.717) is 6.61 Å². The minimum absolute atomic E-state index is 0.0204. The summed E-state index contributed by atoms with van der Waals surface area (Å²) in [4.78, 5) is 0. The first-order valence-electron chi connectivity index (χ1n) is 5.42. The molecule has 2 atom stereocenters. The van der Waals surface area contributed by atoms with Crippen LogP contribution in [0, 0.1) is 0 Å². The van der Waals surface area contributed by atoms with Crippen LogP contribution in [0.4, 0.5) is 0 Å². The third-order valence-corrected chi connectivity index (χ3v) is 2.71. The first-order chi connectivity index (χ1) is 6.70. The van der Waals surface area contributed by atoms with Gasteiger partial charge in [0.2, 0.25) is 0 Å². The van der Waals surface area contributed by atoms with Crippen molar-refractivity contribution in [1.82, 2.24) is 0 Å². The van der Waals surface area contributed by atoms with E-state index in [4.69, 9.17) is 8.37 Å². The molecule has 0 N–H and O–H groups in total. The number of hydrogen-bond acceptors (Lipinski definition) is 3. The van der Waals surface area contributed by atoms with Gasteiger partial charge >= 0.3 is 11.4 Å². The predicted octanol–water partition coefficient (Wildman–Crippen LogP) is 2.98. The molecule has 0 amide bonds. The summed E-state index contributed by atoms with van der Waals surface area (Å²) < 4.78 is 21.3. The lowest BCUT2D eigenvalue weighted by atomic mass is 10.2. The number of rotatable bonds is 9. The van der Waals surface area contributed by atoms with E-state index in [0.717, 1.165) is 32.1 Å². The van der Waals surface area contributed by atoms with Gasteiger partial charge in [-0.15, -0.1) is 0 Å². The van der Waals surface area contributed by atoms with E-state index in [1.807, 2.05) is 6.92 Å². The van der Waals surface area contributed by atoms with Crippen LogP contribution in [0.1, 0.15) is 52.9 Å². The summed E-state index contributed by atoms with van der Waals surface area (Å²) in [6.07, 6.45) is 5.18. The van der Waals surface area contributed by atoms with Crippen molar-refractivity contribution in [3.63, 3.8) is 0 Å². The summed E-state index contributed by atoms with van der Waals surface area (Å²) in [5, 5.41) is 0.